The van der Waals surface area contributed by atoms with E-state index in [0.29, 0.717) is 22.9 Å². The topological polar surface area (TPSA) is 12.0 Å². The summed E-state index contributed by atoms with van der Waals surface area (Å²) in [6.07, 6.45) is -0.940. The van der Waals surface area contributed by atoms with Gasteiger partial charge >= 0.3 is 6.18 Å². The van der Waals surface area contributed by atoms with E-state index < -0.39 is 11.7 Å². The first kappa shape index (κ1) is 14.7. The van der Waals surface area contributed by atoms with Crippen LogP contribution in [0.25, 0.3) is 0 Å². The van der Waals surface area contributed by atoms with Crippen LogP contribution in [-0.2, 0) is 6.18 Å². The van der Waals surface area contributed by atoms with Crippen LogP contribution >= 0.6 is 15.9 Å². The van der Waals surface area contributed by atoms with Crippen LogP contribution in [0.5, 0.6) is 0 Å². The SMILES string of the molecule is CC1CCC(CNc2ccc(Br)cc2C(F)(F)F)C1. The van der Waals surface area contributed by atoms with Gasteiger partial charge in [0.05, 0.1) is 5.56 Å². The van der Waals surface area contributed by atoms with Crippen LogP contribution in [0.2, 0.25) is 0 Å². The van der Waals surface area contributed by atoms with Gasteiger partial charge in [0.15, 0.2) is 0 Å². The van der Waals surface area contributed by atoms with Crippen LogP contribution in [0, 0.1) is 11.8 Å². The number of rotatable bonds is 3. The predicted molar refractivity (Wildman–Crippen MR) is 74.1 cm³/mol. The summed E-state index contributed by atoms with van der Waals surface area (Å²) in [5.41, 5.74) is -0.428. The maximum atomic E-state index is 12.9. The second-order valence-electron chi connectivity index (χ2n) is 5.35. The highest BCUT2D eigenvalue weighted by atomic mass is 79.9. The lowest BCUT2D eigenvalue weighted by Crippen LogP contribution is -2.15. The Labute approximate surface area is 119 Å². The Balaban J connectivity index is 2.07. The molecule has 19 heavy (non-hydrogen) atoms. The first-order valence-electron chi connectivity index (χ1n) is 6.47. The molecule has 1 N–H and O–H groups in total. The van der Waals surface area contributed by atoms with Gasteiger partial charge in [-0.1, -0.05) is 29.3 Å². The molecule has 0 aliphatic heterocycles. The minimum atomic E-state index is -4.32. The molecule has 0 spiro atoms. The van der Waals surface area contributed by atoms with E-state index in [9.17, 15) is 13.2 Å². The van der Waals surface area contributed by atoms with Gasteiger partial charge in [0, 0.05) is 16.7 Å². The zero-order chi connectivity index (χ0) is 14.0. The second-order valence-corrected chi connectivity index (χ2v) is 6.27. The number of hydrogen-bond donors (Lipinski definition) is 1. The molecule has 1 aliphatic rings. The molecule has 1 aromatic carbocycles. The average Bonchev–Trinajstić information content (AvgIpc) is 2.72. The van der Waals surface area contributed by atoms with Crippen LogP contribution in [0.1, 0.15) is 31.7 Å². The van der Waals surface area contributed by atoms with Gasteiger partial charge in [-0.25, -0.2) is 0 Å². The van der Waals surface area contributed by atoms with E-state index in [-0.39, 0.29) is 5.69 Å². The molecule has 5 heteroatoms. The van der Waals surface area contributed by atoms with Crippen LogP contribution in [0.3, 0.4) is 0 Å². The molecule has 106 valence electrons. The zero-order valence-corrected chi connectivity index (χ0v) is 12.3. The van der Waals surface area contributed by atoms with Crippen molar-refractivity contribution >= 4 is 21.6 Å². The Morgan fingerprint density at radius 3 is 2.63 bits per heavy atom. The number of alkyl halides is 3. The molecular formula is C14H17BrF3N. The molecule has 1 fully saturated rings. The Kier molecular flexibility index (Phi) is 4.43. The monoisotopic (exact) mass is 335 g/mol. The van der Waals surface area contributed by atoms with E-state index >= 15 is 0 Å². The largest absolute Gasteiger partial charge is 0.418 e. The van der Waals surface area contributed by atoms with Crippen molar-refractivity contribution < 1.29 is 13.2 Å². The molecule has 2 unspecified atom stereocenters. The summed E-state index contributed by atoms with van der Waals surface area (Å²) in [5.74, 6) is 1.18. The first-order valence-corrected chi connectivity index (χ1v) is 7.26. The second kappa shape index (κ2) is 5.73. The Bertz CT molecular complexity index is 445. The van der Waals surface area contributed by atoms with Crippen molar-refractivity contribution in [2.45, 2.75) is 32.4 Å². The molecule has 0 heterocycles. The first-order chi connectivity index (χ1) is 8.86. The molecular weight excluding hydrogens is 319 g/mol. The van der Waals surface area contributed by atoms with E-state index in [1.165, 1.54) is 12.5 Å². The maximum absolute atomic E-state index is 12.9. The van der Waals surface area contributed by atoms with Gasteiger partial charge in [0.1, 0.15) is 0 Å². The van der Waals surface area contributed by atoms with Crippen molar-refractivity contribution in [3.63, 3.8) is 0 Å². The third-order valence-electron chi connectivity index (χ3n) is 3.67. The fourth-order valence-electron chi connectivity index (χ4n) is 2.67. The van der Waals surface area contributed by atoms with Crippen molar-refractivity contribution in [3.8, 4) is 0 Å². The lowest BCUT2D eigenvalue weighted by Gasteiger charge is -2.17. The van der Waals surface area contributed by atoms with Crippen LogP contribution in [-0.4, -0.2) is 6.54 Å². The lowest BCUT2D eigenvalue weighted by atomic mass is 10.1. The number of nitrogens with one attached hydrogen (secondary N) is 1. The summed E-state index contributed by atoms with van der Waals surface area (Å²) in [6, 6.07) is 4.25. The number of halogens is 4. The third kappa shape index (κ3) is 3.88. The summed E-state index contributed by atoms with van der Waals surface area (Å²) in [5, 5.41) is 2.97. The molecule has 0 bridgehead atoms. The van der Waals surface area contributed by atoms with E-state index in [1.54, 1.807) is 6.07 Å². The molecule has 0 amide bonds. The highest BCUT2D eigenvalue weighted by molar-refractivity contribution is 9.10. The normalized spacial score (nSPS) is 23.6. The minimum absolute atomic E-state index is 0.176. The van der Waals surface area contributed by atoms with Crippen LogP contribution in [0.15, 0.2) is 22.7 Å². The molecule has 0 saturated heterocycles. The van der Waals surface area contributed by atoms with Crippen molar-refractivity contribution in [2.24, 2.45) is 11.8 Å². The van der Waals surface area contributed by atoms with Gasteiger partial charge in [-0.05, 0) is 42.9 Å². The Morgan fingerprint density at radius 2 is 2.05 bits per heavy atom. The van der Waals surface area contributed by atoms with Gasteiger partial charge in [-0.3, -0.25) is 0 Å². The highest BCUT2D eigenvalue weighted by Gasteiger charge is 2.34. The standard InChI is InChI=1S/C14H17BrF3N/c1-9-2-3-10(6-9)8-19-13-5-4-11(15)7-12(13)14(16,17)18/h4-5,7,9-10,19H,2-3,6,8H2,1H3. The smallest absolute Gasteiger partial charge is 0.384 e. The summed E-state index contributed by atoms with van der Waals surface area (Å²) in [7, 11) is 0. The fourth-order valence-corrected chi connectivity index (χ4v) is 3.03. The van der Waals surface area contributed by atoms with Crippen LogP contribution in [0.4, 0.5) is 18.9 Å². The molecule has 0 aromatic heterocycles. The molecule has 1 aliphatic carbocycles. The maximum Gasteiger partial charge on any atom is 0.418 e. The van der Waals surface area contributed by atoms with Gasteiger partial charge in [0.2, 0.25) is 0 Å². The molecule has 1 aromatic rings. The van der Waals surface area contributed by atoms with Gasteiger partial charge < -0.3 is 5.32 Å². The van der Waals surface area contributed by atoms with Crippen molar-refractivity contribution in [1.29, 1.82) is 0 Å². The fraction of sp³-hybridized carbons (Fsp3) is 0.571. The van der Waals surface area contributed by atoms with Crippen molar-refractivity contribution in [3.05, 3.63) is 28.2 Å². The zero-order valence-electron chi connectivity index (χ0n) is 10.7. The summed E-state index contributed by atoms with van der Waals surface area (Å²) >= 11 is 3.09. The van der Waals surface area contributed by atoms with Crippen molar-refractivity contribution in [1.82, 2.24) is 0 Å². The third-order valence-corrected chi connectivity index (χ3v) is 4.16. The number of anilines is 1. The predicted octanol–water partition coefficient (Wildman–Crippen LogP) is 5.32. The van der Waals surface area contributed by atoms with Crippen LogP contribution < -0.4 is 5.32 Å². The van der Waals surface area contributed by atoms with E-state index in [4.69, 9.17) is 0 Å². The van der Waals surface area contributed by atoms with Gasteiger partial charge in [-0.2, -0.15) is 13.2 Å². The minimum Gasteiger partial charge on any atom is -0.384 e. The Hall–Kier alpha value is -0.710. The average molecular weight is 336 g/mol. The number of hydrogen-bond acceptors (Lipinski definition) is 1. The Morgan fingerprint density at radius 1 is 1.32 bits per heavy atom. The lowest BCUT2D eigenvalue weighted by molar-refractivity contribution is -0.137. The summed E-state index contributed by atoms with van der Waals surface area (Å²) in [4.78, 5) is 0. The molecule has 2 rings (SSSR count). The number of benzene rings is 1. The molecule has 0 radical (unpaired) electrons. The van der Waals surface area contributed by atoms with E-state index in [0.717, 1.165) is 18.9 Å². The molecule has 1 saturated carbocycles. The van der Waals surface area contributed by atoms with E-state index in [2.05, 4.69) is 28.2 Å². The molecule has 2 atom stereocenters. The summed E-state index contributed by atoms with van der Waals surface area (Å²) in [6.45, 7) is 2.82. The van der Waals surface area contributed by atoms with Gasteiger partial charge in [0.25, 0.3) is 0 Å². The quantitative estimate of drug-likeness (QED) is 0.788. The molecule has 1 nitrogen and oxygen atoms in total. The van der Waals surface area contributed by atoms with Crippen molar-refractivity contribution in [2.75, 3.05) is 11.9 Å². The highest BCUT2D eigenvalue weighted by Crippen LogP contribution is 2.37. The van der Waals surface area contributed by atoms with E-state index in [1.807, 2.05) is 0 Å². The van der Waals surface area contributed by atoms with Gasteiger partial charge in [-0.15, -0.1) is 0 Å². The summed E-state index contributed by atoms with van der Waals surface area (Å²) < 4.78 is 39.2.